The van der Waals surface area contributed by atoms with E-state index >= 15 is 0 Å². The van der Waals surface area contributed by atoms with E-state index in [0.29, 0.717) is 18.4 Å². The number of hydrogen-bond acceptors (Lipinski definition) is 6. The number of esters is 1. The van der Waals surface area contributed by atoms with E-state index in [1.165, 1.54) is 5.69 Å². The Hall–Kier alpha value is -3.22. The van der Waals surface area contributed by atoms with Crippen molar-refractivity contribution in [1.29, 1.82) is 0 Å². The quantitative estimate of drug-likeness (QED) is 0.243. The van der Waals surface area contributed by atoms with Gasteiger partial charge in [-0.15, -0.1) is 0 Å². The molecule has 7 nitrogen and oxygen atoms in total. The molecule has 1 fully saturated rings. The van der Waals surface area contributed by atoms with Crippen LogP contribution in [0.4, 0.5) is 11.4 Å². The van der Waals surface area contributed by atoms with Gasteiger partial charge in [0.1, 0.15) is 5.60 Å². The zero-order valence-corrected chi connectivity index (χ0v) is 18.5. The summed E-state index contributed by atoms with van der Waals surface area (Å²) in [6.07, 6.45) is 1.08. The summed E-state index contributed by atoms with van der Waals surface area (Å²) in [5, 5.41) is 11.8. The summed E-state index contributed by atoms with van der Waals surface area (Å²) in [6, 6.07) is 16.2. The Bertz CT molecular complexity index is 894. The van der Waals surface area contributed by atoms with E-state index in [-0.39, 0.29) is 11.8 Å². The molecule has 2 aromatic carbocycles. The summed E-state index contributed by atoms with van der Waals surface area (Å²) in [7, 11) is 0. The lowest BCUT2D eigenvalue weighted by molar-refractivity contribution is -0.154. The number of carbonyl (C=O) groups excluding carboxylic acids is 1. The molecular weight excluding hydrogens is 392 g/mol. The smallest absolute Gasteiger partial charge is 0.306 e. The average molecular weight is 425 g/mol. The number of anilines is 2. The van der Waals surface area contributed by atoms with Crippen molar-refractivity contribution in [1.82, 2.24) is 0 Å². The first-order chi connectivity index (χ1) is 14.7. The minimum absolute atomic E-state index is 0.117. The number of amidine groups is 1. The number of nitrogens with two attached hydrogens (primary N) is 1. The van der Waals surface area contributed by atoms with Gasteiger partial charge in [0.2, 0.25) is 0 Å². The third-order valence-electron chi connectivity index (χ3n) is 5.25. The second kappa shape index (κ2) is 9.73. The summed E-state index contributed by atoms with van der Waals surface area (Å²) >= 11 is 0. The minimum Gasteiger partial charge on any atom is -0.460 e. The maximum absolute atomic E-state index is 11.9. The van der Waals surface area contributed by atoms with Crippen LogP contribution in [0.5, 0.6) is 0 Å². The molecule has 0 unspecified atom stereocenters. The molecule has 0 saturated carbocycles. The number of ether oxygens (including phenoxy) is 1. The fraction of sp³-hybridized carbons (Fsp3) is 0.417. The van der Waals surface area contributed by atoms with Gasteiger partial charge in [0, 0.05) is 49.5 Å². The topological polar surface area (TPSA) is 91.4 Å². The number of rotatable bonds is 6. The maximum Gasteiger partial charge on any atom is 0.306 e. The van der Waals surface area contributed by atoms with Crippen molar-refractivity contribution in [3.05, 3.63) is 59.7 Å². The molecule has 0 amide bonds. The van der Waals surface area contributed by atoms with Gasteiger partial charge in [0.15, 0.2) is 5.84 Å². The second-order valence-electron chi connectivity index (χ2n) is 8.76. The van der Waals surface area contributed by atoms with Crippen LogP contribution in [0.15, 0.2) is 53.7 Å². The molecule has 0 radical (unpaired) electrons. The molecule has 3 rings (SSSR count). The Morgan fingerprint density at radius 2 is 1.45 bits per heavy atom. The number of oxime groups is 1. The Morgan fingerprint density at radius 1 is 0.968 bits per heavy atom. The monoisotopic (exact) mass is 424 g/mol. The largest absolute Gasteiger partial charge is 0.460 e. The van der Waals surface area contributed by atoms with Crippen LogP contribution >= 0.6 is 0 Å². The standard InChI is InChI=1S/C24H32N4O3/c1-24(2,3)31-22(29)13-6-18-4-9-20(10-5-18)27-14-16-28(17-15-27)21-11-7-19(8-12-21)23(25)26-30/h4-5,7-12,30H,6,13-17H2,1-3H3,(H2,25,26). The molecule has 7 heteroatoms. The molecule has 2 aromatic rings. The third-order valence-corrected chi connectivity index (χ3v) is 5.25. The molecule has 1 saturated heterocycles. The summed E-state index contributed by atoms with van der Waals surface area (Å²) in [4.78, 5) is 16.6. The van der Waals surface area contributed by atoms with Gasteiger partial charge in [0.05, 0.1) is 0 Å². The van der Waals surface area contributed by atoms with Gasteiger partial charge >= 0.3 is 5.97 Å². The normalized spacial score (nSPS) is 15.1. The van der Waals surface area contributed by atoms with Crippen LogP contribution in [0.3, 0.4) is 0 Å². The maximum atomic E-state index is 11.9. The Labute approximate surface area is 184 Å². The highest BCUT2D eigenvalue weighted by molar-refractivity contribution is 5.97. The van der Waals surface area contributed by atoms with Crippen molar-refractivity contribution in [3.8, 4) is 0 Å². The van der Waals surface area contributed by atoms with Crippen LogP contribution in [0, 0.1) is 0 Å². The number of piperazine rings is 1. The molecule has 0 bridgehead atoms. The van der Waals surface area contributed by atoms with Crippen molar-refractivity contribution >= 4 is 23.2 Å². The lowest BCUT2D eigenvalue weighted by Gasteiger charge is -2.37. The number of aryl methyl sites for hydroxylation is 1. The molecule has 31 heavy (non-hydrogen) atoms. The summed E-state index contributed by atoms with van der Waals surface area (Å²) in [5.74, 6) is -0.0435. The molecule has 1 aliphatic rings. The lowest BCUT2D eigenvalue weighted by atomic mass is 10.1. The first-order valence-corrected chi connectivity index (χ1v) is 10.6. The van der Waals surface area contributed by atoms with Crippen molar-refractivity contribution in [2.45, 2.75) is 39.2 Å². The van der Waals surface area contributed by atoms with E-state index < -0.39 is 5.60 Å². The minimum atomic E-state index is -0.438. The van der Waals surface area contributed by atoms with Gasteiger partial charge in [-0.05, 0) is 69.2 Å². The van der Waals surface area contributed by atoms with Crippen LogP contribution < -0.4 is 15.5 Å². The Morgan fingerprint density at radius 3 is 1.90 bits per heavy atom. The predicted octanol–water partition coefficient (Wildman–Crippen LogP) is 3.38. The Kier molecular flexibility index (Phi) is 7.05. The second-order valence-corrected chi connectivity index (χ2v) is 8.76. The van der Waals surface area contributed by atoms with E-state index in [4.69, 9.17) is 15.7 Å². The van der Waals surface area contributed by atoms with Gasteiger partial charge in [-0.1, -0.05) is 17.3 Å². The summed E-state index contributed by atoms with van der Waals surface area (Å²) < 4.78 is 5.37. The molecule has 0 aliphatic carbocycles. The van der Waals surface area contributed by atoms with Gasteiger partial charge in [-0.25, -0.2) is 0 Å². The van der Waals surface area contributed by atoms with E-state index in [9.17, 15) is 4.79 Å². The van der Waals surface area contributed by atoms with Gasteiger partial charge < -0.3 is 25.5 Å². The zero-order valence-electron chi connectivity index (χ0n) is 18.5. The van der Waals surface area contributed by atoms with E-state index in [1.54, 1.807) is 0 Å². The molecule has 0 atom stereocenters. The highest BCUT2D eigenvalue weighted by atomic mass is 16.6. The van der Waals surface area contributed by atoms with Gasteiger partial charge in [0.25, 0.3) is 0 Å². The highest BCUT2D eigenvalue weighted by Gasteiger charge is 2.18. The van der Waals surface area contributed by atoms with Crippen LogP contribution in [-0.2, 0) is 16.0 Å². The SMILES string of the molecule is CC(C)(C)OC(=O)CCc1ccc(N2CCN(c3ccc(/C(N)=N/O)cc3)CC2)cc1. The predicted molar refractivity (Wildman–Crippen MR) is 124 cm³/mol. The van der Waals surface area contributed by atoms with Crippen LogP contribution in [-0.4, -0.2) is 48.8 Å². The van der Waals surface area contributed by atoms with Crippen molar-refractivity contribution < 1.29 is 14.7 Å². The zero-order chi connectivity index (χ0) is 22.4. The average Bonchev–Trinajstić information content (AvgIpc) is 2.76. The number of hydrogen-bond donors (Lipinski definition) is 2. The first-order valence-electron chi connectivity index (χ1n) is 10.6. The van der Waals surface area contributed by atoms with Gasteiger partial charge in [-0.3, -0.25) is 4.79 Å². The first kappa shape index (κ1) is 22.5. The van der Waals surface area contributed by atoms with Gasteiger partial charge in [-0.2, -0.15) is 0 Å². The van der Waals surface area contributed by atoms with E-state index in [1.807, 2.05) is 45.0 Å². The molecule has 0 spiro atoms. The van der Waals surface area contributed by atoms with Crippen LogP contribution in [0.1, 0.15) is 38.3 Å². The summed E-state index contributed by atoms with van der Waals surface area (Å²) in [5.41, 5.74) is 9.36. The van der Waals surface area contributed by atoms with Crippen molar-refractivity contribution in [2.24, 2.45) is 10.9 Å². The number of benzene rings is 2. The van der Waals surface area contributed by atoms with Crippen molar-refractivity contribution in [3.63, 3.8) is 0 Å². The molecule has 3 N–H and O–H groups in total. The van der Waals surface area contributed by atoms with E-state index in [0.717, 1.165) is 37.4 Å². The fourth-order valence-electron chi connectivity index (χ4n) is 3.64. The van der Waals surface area contributed by atoms with E-state index in [2.05, 4.69) is 39.2 Å². The molecule has 0 aromatic heterocycles. The molecule has 1 heterocycles. The fourth-order valence-corrected chi connectivity index (χ4v) is 3.64. The lowest BCUT2D eigenvalue weighted by Crippen LogP contribution is -2.46. The molecular formula is C24H32N4O3. The number of carbonyl (C=O) groups is 1. The van der Waals surface area contributed by atoms with Crippen molar-refractivity contribution in [2.75, 3.05) is 36.0 Å². The molecule has 166 valence electrons. The Balaban J connectivity index is 1.50. The number of nitrogens with zero attached hydrogens (tertiary/aromatic N) is 3. The molecule has 1 aliphatic heterocycles. The summed E-state index contributed by atoms with van der Waals surface area (Å²) in [6.45, 7) is 9.36. The highest BCUT2D eigenvalue weighted by Crippen LogP contribution is 2.22. The van der Waals surface area contributed by atoms with Crippen LogP contribution in [0.25, 0.3) is 0 Å². The third kappa shape index (κ3) is 6.38. The van der Waals surface area contributed by atoms with Crippen LogP contribution in [0.2, 0.25) is 0 Å².